The van der Waals surface area contributed by atoms with Crippen molar-refractivity contribution in [3.8, 4) is 190 Å². The summed E-state index contributed by atoms with van der Waals surface area (Å²) in [5.74, 6) is 5.50. The number of rotatable bonds is 17. The molecule has 0 aliphatic rings. The highest BCUT2D eigenvalue weighted by atomic mass is 32.1. The zero-order valence-corrected chi connectivity index (χ0v) is 82.5. The van der Waals surface area contributed by atoms with Crippen molar-refractivity contribution in [1.29, 1.82) is 0 Å². The quantitative estimate of drug-likeness (QED) is 0.0835. The van der Waals surface area contributed by atoms with Crippen molar-refractivity contribution in [3.63, 3.8) is 0 Å². The summed E-state index contributed by atoms with van der Waals surface area (Å²) in [7, 11) is 0. The first-order valence-corrected chi connectivity index (χ1v) is 51.8. The molecular formula is C132H80N12O3S3. The Balaban J connectivity index is 0.000000111. The van der Waals surface area contributed by atoms with Gasteiger partial charge in [-0.2, -0.15) is 0 Å². The summed E-state index contributed by atoms with van der Waals surface area (Å²) in [6.45, 7) is 0. The Morgan fingerprint density at radius 3 is 0.667 bits per heavy atom. The third-order valence-corrected chi connectivity index (χ3v) is 30.3. The maximum Gasteiger partial charge on any atom is 0.164 e. The fraction of sp³-hybridized carbons (Fsp3) is 0. The van der Waals surface area contributed by atoms with Crippen LogP contribution in [0.3, 0.4) is 0 Å². The molecule has 0 unspecified atom stereocenters. The van der Waals surface area contributed by atoms with E-state index in [0.717, 1.165) is 220 Å². The highest BCUT2D eigenvalue weighted by Crippen LogP contribution is 2.48. The number of hydrogen-bond acceptors (Lipinski definition) is 18. The molecule has 0 bridgehead atoms. The fourth-order valence-electron chi connectivity index (χ4n) is 19.7. The van der Waals surface area contributed by atoms with Crippen LogP contribution in [-0.4, -0.2) is 59.8 Å². The van der Waals surface area contributed by atoms with Crippen LogP contribution in [0.2, 0.25) is 0 Å². The van der Waals surface area contributed by atoms with Gasteiger partial charge in [0.05, 0.1) is 30.6 Å². The Labute approximate surface area is 872 Å². The van der Waals surface area contributed by atoms with Crippen molar-refractivity contribution in [3.05, 3.63) is 485 Å². The number of thiazole rings is 3. The van der Waals surface area contributed by atoms with E-state index in [9.17, 15) is 0 Å². The highest BCUT2D eigenvalue weighted by molar-refractivity contribution is 7.22. The minimum absolute atomic E-state index is 0.591. The average Bonchev–Trinajstić information content (AvgIpc) is 1.59. The lowest BCUT2D eigenvalue weighted by Gasteiger charge is -2.10. The van der Waals surface area contributed by atoms with E-state index in [2.05, 4.69) is 297 Å². The van der Waals surface area contributed by atoms with Crippen LogP contribution < -0.4 is 0 Å². The van der Waals surface area contributed by atoms with Crippen LogP contribution in [0.5, 0.6) is 0 Å². The molecule has 0 fully saturated rings. The van der Waals surface area contributed by atoms with E-state index in [4.69, 9.17) is 73.1 Å². The van der Waals surface area contributed by atoms with Gasteiger partial charge in [0, 0.05) is 116 Å². The van der Waals surface area contributed by atoms with Gasteiger partial charge in [0.25, 0.3) is 0 Å². The summed E-state index contributed by atoms with van der Waals surface area (Å²) in [6, 6.07) is 165. The van der Waals surface area contributed by atoms with E-state index < -0.39 is 0 Å². The molecule has 0 radical (unpaired) electrons. The zero-order valence-electron chi connectivity index (χ0n) is 80.0. The van der Waals surface area contributed by atoms with Crippen LogP contribution in [0.25, 0.3) is 286 Å². The molecule has 9 aromatic heterocycles. The van der Waals surface area contributed by atoms with Crippen LogP contribution >= 0.6 is 34.0 Å². The number of para-hydroxylation sites is 6. The molecule has 9 heterocycles. The number of furan rings is 3. The SMILES string of the molecule is c1ccc(-c2ccc(-c3nc(-c4ccccc4)nc(-c4cccc5oc6c(-c7ccc(-c8nc9ccccc9s8)cc7)cccc6c45)n3)cc2)cc1.c1ccc(-c2cccc(-c3nc(-c4ccccc4)nc(-c4cccc5oc6c(-c7ccc(-c8nc9ccccc9s8)cc7)cccc6c45)n3)c2)cc1.c1ccc(-c2nc(-c3ccccc3)nc(-c3cccc4oc5c(-c6ccc(-c7nc8ccccc8s7)cc6)cccc5c34)n2)cc1. The molecule has 150 heavy (non-hydrogen) atoms. The number of fused-ring (bicyclic) bond motifs is 12. The van der Waals surface area contributed by atoms with Crippen LogP contribution in [0.15, 0.2) is 499 Å². The highest BCUT2D eigenvalue weighted by Gasteiger charge is 2.27. The predicted octanol–water partition coefficient (Wildman–Crippen LogP) is 35.5. The van der Waals surface area contributed by atoms with Gasteiger partial charge in [-0.1, -0.05) is 425 Å². The van der Waals surface area contributed by atoms with Gasteiger partial charge < -0.3 is 13.3 Å². The molecule has 0 atom stereocenters. The summed E-state index contributed by atoms with van der Waals surface area (Å²) in [5.41, 5.74) is 30.3. The van der Waals surface area contributed by atoms with Crippen molar-refractivity contribution in [1.82, 2.24) is 59.8 Å². The standard InChI is InChI=1S/2C46H28N4OS.C40H24N4OS/c1-3-12-29(13-4-1)33-16-9-17-34(28-33)44-48-43(31-14-5-2-6-15-31)49-45(50-44)37-20-11-22-39-41(37)36-19-10-18-35(42(36)51-39)30-24-26-32(27-25-30)46-47-38-21-7-8-23-40(38)52-46;1-3-11-29(12-4-1)30-21-25-33(26-22-30)44-48-43(32-13-5-2-6-14-32)49-45(50-44)37-17-10-19-39-41(37)36-16-9-15-35(42(36)51-39)31-23-27-34(28-24-31)46-47-38-18-7-8-20-40(38)52-46;1-3-11-26(12-4-1)37-42-38(27-13-5-2-6-14-27)44-39(43-37)31-17-10-19-33-35(31)30-16-9-15-29(36(30)45-33)25-21-23-28(24-22-25)40-41-32-18-7-8-20-34(32)46-40/h2*1-28H;1-24H. The molecule has 0 saturated heterocycles. The molecule has 0 saturated carbocycles. The maximum absolute atomic E-state index is 6.67. The topological polar surface area (TPSA) is 194 Å². The Bertz CT molecular complexity index is 9980. The molecule has 15 nitrogen and oxygen atoms in total. The van der Waals surface area contributed by atoms with Crippen LogP contribution in [0.1, 0.15) is 0 Å². The number of nitrogens with zero attached hydrogens (tertiary/aromatic N) is 12. The molecule has 0 spiro atoms. The smallest absolute Gasteiger partial charge is 0.164 e. The third kappa shape index (κ3) is 17.3. The molecule has 704 valence electrons. The summed E-state index contributed by atoms with van der Waals surface area (Å²) < 4.78 is 23.5. The molecule has 29 aromatic rings. The van der Waals surface area contributed by atoms with Gasteiger partial charge in [0.1, 0.15) is 48.5 Å². The predicted molar refractivity (Wildman–Crippen MR) is 613 cm³/mol. The minimum Gasteiger partial charge on any atom is -0.455 e. The maximum atomic E-state index is 6.67. The lowest BCUT2D eigenvalue weighted by molar-refractivity contribution is 0.669. The third-order valence-electron chi connectivity index (χ3n) is 27.0. The van der Waals surface area contributed by atoms with Gasteiger partial charge in [-0.3, -0.25) is 0 Å². The zero-order chi connectivity index (χ0) is 99.3. The summed E-state index contributed by atoms with van der Waals surface area (Å²) in [5, 5.41) is 9.00. The normalized spacial score (nSPS) is 11.5. The first kappa shape index (κ1) is 89.4. The molecule has 0 aliphatic heterocycles. The van der Waals surface area contributed by atoms with Crippen molar-refractivity contribution in [2.24, 2.45) is 0 Å². The summed E-state index contributed by atoms with van der Waals surface area (Å²) in [6.07, 6.45) is 0. The molecule has 0 amide bonds. The minimum atomic E-state index is 0.591. The molecule has 0 N–H and O–H groups in total. The van der Waals surface area contributed by atoms with Gasteiger partial charge in [0.2, 0.25) is 0 Å². The number of aromatic nitrogens is 12. The Kier molecular flexibility index (Phi) is 23.2. The van der Waals surface area contributed by atoms with Gasteiger partial charge in [-0.25, -0.2) is 59.8 Å². The van der Waals surface area contributed by atoms with Gasteiger partial charge >= 0.3 is 0 Å². The lowest BCUT2D eigenvalue weighted by Crippen LogP contribution is -2.00. The van der Waals surface area contributed by atoms with Crippen molar-refractivity contribution < 1.29 is 13.3 Å². The fourth-order valence-corrected chi connectivity index (χ4v) is 22.6. The van der Waals surface area contributed by atoms with E-state index in [1.165, 1.54) is 14.1 Å². The van der Waals surface area contributed by atoms with Crippen LogP contribution in [0.4, 0.5) is 0 Å². The van der Waals surface area contributed by atoms with Crippen LogP contribution in [-0.2, 0) is 0 Å². The lowest BCUT2D eigenvalue weighted by atomic mass is 9.99. The molecule has 18 heteroatoms. The Morgan fingerprint density at radius 2 is 0.353 bits per heavy atom. The van der Waals surface area contributed by atoms with Crippen molar-refractivity contribution in [2.45, 2.75) is 0 Å². The van der Waals surface area contributed by atoms with Crippen molar-refractivity contribution >= 4 is 130 Å². The van der Waals surface area contributed by atoms with Crippen molar-refractivity contribution in [2.75, 3.05) is 0 Å². The number of benzene rings is 20. The second-order valence-corrected chi connectivity index (χ2v) is 39.4. The molecule has 29 rings (SSSR count). The molecule has 0 aliphatic carbocycles. The van der Waals surface area contributed by atoms with Gasteiger partial charge in [-0.05, 0) is 99.6 Å². The Hall–Kier alpha value is -19.5. The molecule has 20 aromatic carbocycles. The van der Waals surface area contributed by atoms with E-state index in [1.807, 2.05) is 188 Å². The van der Waals surface area contributed by atoms with E-state index >= 15 is 0 Å². The van der Waals surface area contributed by atoms with Gasteiger partial charge in [0.15, 0.2) is 52.4 Å². The summed E-state index contributed by atoms with van der Waals surface area (Å²) in [4.78, 5) is 59.8. The Morgan fingerprint density at radius 1 is 0.140 bits per heavy atom. The van der Waals surface area contributed by atoms with Gasteiger partial charge in [-0.15, -0.1) is 34.0 Å². The largest absolute Gasteiger partial charge is 0.455 e. The first-order chi connectivity index (χ1) is 74.3. The number of hydrogen-bond donors (Lipinski definition) is 0. The van der Waals surface area contributed by atoms with E-state index in [-0.39, 0.29) is 0 Å². The van der Waals surface area contributed by atoms with E-state index in [0.29, 0.717) is 52.4 Å². The van der Waals surface area contributed by atoms with Crippen LogP contribution in [0, 0.1) is 0 Å². The second kappa shape index (κ2) is 38.9. The van der Waals surface area contributed by atoms with E-state index in [1.54, 1.807) is 34.0 Å². The first-order valence-electron chi connectivity index (χ1n) is 49.3. The average molecular weight is 1980 g/mol. The second-order valence-electron chi connectivity index (χ2n) is 36.4. The summed E-state index contributed by atoms with van der Waals surface area (Å²) >= 11 is 5.13. The monoisotopic (exact) mass is 1980 g/mol. The molecular weight excluding hydrogens is 1900 g/mol.